The molecule has 1 atom stereocenters. The summed E-state index contributed by atoms with van der Waals surface area (Å²) in [6.07, 6.45) is 8.72. The number of piperazine rings is 1. The van der Waals surface area contributed by atoms with E-state index in [9.17, 15) is 9.59 Å². The van der Waals surface area contributed by atoms with E-state index >= 15 is 0 Å². The molecule has 0 aromatic heterocycles. The van der Waals surface area contributed by atoms with Crippen molar-refractivity contribution >= 4 is 24.2 Å². The molecular formula is C17H30ClN3O2. The minimum atomic E-state index is 0. The van der Waals surface area contributed by atoms with Crippen LogP contribution in [0.4, 0.5) is 0 Å². The number of nitrogens with one attached hydrogen (secondary N) is 1. The topological polar surface area (TPSA) is 52.7 Å². The van der Waals surface area contributed by atoms with Gasteiger partial charge in [-0.3, -0.25) is 9.59 Å². The second-order valence-corrected chi connectivity index (χ2v) is 7.04. The summed E-state index contributed by atoms with van der Waals surface area (Å²) in [5, 5.41) is 3.38. The van der Waals surface area contributed by atoms with Gasteiger partial charge in [0.25, 0.3) is 0 Å². The molecule has 2 amide bonds. The third kappa shape index (κ3) is 4.83. The summed E-state index contributed by atoms with van der Waals surface area (Å²) in [5.74, 6) is 0.840. The lowest BCUT2D eigenvalue weighted by molar-refractivity contribution is -0.143. The van der Waals surface area contributed by atoms with Gasteiger partial charge in [0.05, 0.1) is 0 Å². The minimum Gasteiger partial charge on any atom is -0.339 e. The van der Waals surface area contributed by atoms with Crippen LogP contribution in [-0.2, 0) is 9.59 Å². The Morgan fingerprint density at radius 2 is 1.52 bits per heavy atom. The highest BCUT2D eigenvalue weighted by molar-refractivity contribution is 5.85. The summed E-state index contributed by atoms with van der Waals surface area (Å²) in [6, 6.07) is 0.370. The molecule has 0 spiro atoms. The summed E-state index contributed by atoms with van der Waals surface area (Å²) in [4.78, 5) is 28.8. The predicted octanol–water partition coefficient (Wildman–Crippen LogP) is 1.80. The maximum absolute atomic E-state index is 12.5. The zero-order valence-electron chi connectivity index (χ0n) is 14.0. The molecule has 2 saturated heterocycles. The summed E-state index contributed by atoms with van der Waals surface area (Å²) in [5.41, 5.74) is 0. The molecule has 5 nitrogen and oxygen atoms in total. The first-order valence-electron chi connectivity index (χ1n) is 9.04. The van der Waals surface area contributed by atoms with Gasteiger partial charge in [0.2, 0.25) is 11.8 Å². The smallest absolute Gasteiger partial charge is 0.225 e. The summed E-state index contributed by atoms with van der Waals surface area (Å²) >= 11 is 0. The third-order valence-corrected chi connectivity index (χ3v) is 5.48. The summed E-state index contributed by atoms with van der Waals surface area (Å²) < 4.78 is 0. The second kappa shape index (κ2) is 8.88. The molecule has 1 N–H and O–H groups in total. The van der Waals surface area contributed by atoms with Crippen LogP contribution >= 0.6 is 12.4 Å². The molecule has 1 aliphatic carbocycles. The quantitative estimate of drug-likeness (QED) is 0.850. The van der Waals surface area contributed by atoms with E-state index in [4.69, 9.17) is 0 Å². The van der Waals surface area contributed by atoms with Crippen molar-refractivity contribution in [2.24, 2.45) is 5.92 Å². The average molecular weight is 344 g/mol. The molecule has 1 unspecified atom stereocenters. The number of nitrogens with zero attached hydrogens (tertiary/aromatic N) is 2. The molecule has 23 heavy (non-hydrogen) atoms. The minimum absolute atomic E-state index is 0. The van der Waals surface area contributed by atoms with Crippen molar-refractivity contribution in [3.8, 4) is 0 Å². The zero-order valence-corrected chi connectivity index (χ0v) is 14.8. The van der Waals surface area contributed by atoms with E-state index in [2.05, 4.69) is 5.32 Å². The normalized spacial score (nSPS) is 26.0. The van der Waals surface area contributed by atoms with Crippen LogP contribution < -0.4 is 5.32 Å². The Labute approximate surface area is 145 Å². The summed E-state index contributed by atoms with van der Waals surface area (Å²) in [7, 11) is 0. The van der Waals surface area contributed by atoms with E-state index in [1.807, 2.05) is 9.80 Å². The van der Waals surface area contributed by atoms with Gasteiger partial charge >= 0.3 is 0 Å². The fourth-order valence-electron chi connectivity index (χ4n) is 4.05. The molecule has 1 saturated carbocycles. The molecule has 2 aliphatic heterocycles. The van der Waals surface area contributed by atoms with Gasteiger partial charge in [-0.25, -0.2) is 0 Å². The highest BCUT2D eigenvalue weighted by Crippen LogP contribution is 2.26. The van der Waals surface area contributed by atoms with Crippen LogP contribution in [0.3, 0.4) is 0 Å². The number of carbonyl (C=O) groups is 2. The molecule has 0 radical (unpaired) electrons. The van der Waals surface area contributed by atoms with E-state index in [1.54, 1.807) is 0 Å². The van der Waals surface area contributed by atoms with Crippen LogP contribution in [-0.4, -0.2) is 60.4 Å². The SMILES string of the molecule is Cl.O=C(CC1CCCN1)N1CCN(C(=O)C2CCCCC2)CC1. The first kappa shape index (κ1) is 18.5. The lowest BCUT2D eigenvalue weighted by atomic mass is 9.88. The summed E-state index contributed by atoms with van der Waals surface area (Å²) in [6.45, 7) is 3.91. The van der Waals surface area contributed by atoms with Gasteiger partial charge in [0.1, 0.15) is 0 Å². The predicted molar refractivity (Wildman–Crippen MR) is 92.6 cm³/mol. The number of halogens is 1. The number of hydrogen-bond donors (Lipinski definition) is 1. The largest absolute Gasteiger partial charge is 0.339 e. The average Bonchev–Trinajstić information content (AvgIpc) is 3.08. The molecule has 132 valence electrons. The molecule has 6 heteroatoms. The number of hydrogen-bond acceptors (Lipinski definition) is 3. The van der Waals surface area contributed by atoms with Crippen LogP contribution in [0.25, 0.3) is 0 Å². The molecule has 2 heterocycles. The number of amides is 2. The molecular weight excluding hydrogens is 314 g/mol. The standard InChI is InChI=1S/C17H29N3O2.ClH/c21-16(13-15-7-4-8-18-15)19-9-11-20(12-10-19)17(22)14-5-2-1-3-6-14;/h14-15,18H,1-13H2;1H. The molecule has 3 rings (SSSR count). The van der Waals surface area contributed by atoms with E-state index in [0.29, 0.717) is 31.5 Å². The lowest BCUT2D eigenvalue weighted by Crippen LogP contribution is -2.52. The molecule has 3 aliphatic rings. The fraction of sp³-hybridized carbons (Fsp3) is 0.882. The second-order valence-electron chi connectivity index (χ2n) is 7.04. The van der Waals surface area contributed by atoms with Crippen molar-refractivity contribution in [1.29, 1.82) is 0 Å². The van der Waals surface area contributed by atoms with Crippen LogP contribution in [0.1, 0.15) is 51.4 Å². The van der Waals surface area contributed by atoms with Crippen LogP contribution in [0.5, 0.6) is 0 Å². The third-order valence-electron chi connectivity index (χ3n) is 5.48. The van der Waals surface area contributed by atoms with Gasteiger partial charge in [-0.05, 0) is 32.2 Å². The number of carbonyl (C=O) groups excluding carboxylic acids is 2. The first-order chi connectivity index (χ1) is 10.7. The Morgan fingerprint density at radius 1 is 0.870 bits per heavy atom. The highest BCUT2D eigenvalue weighted by Gasteiger charge is 2.30. The van der Waals surface area contributed by atoms with Crippen molar-refractivity contribution in [3.63, 3.8) is 0 Å². The maximum Gasteiger partial charge on any atom is 0.225 e. The lowest BCUT2D eigenvalue weighted by Gasteiger charge is -2.37. The molecule has 3 fully saturated rings. The Morgan fingerprint density at radius 3 is 2.13 bits per heavy atom. The van der Waals surface area contributed by atoms with Crippen molar-refractivity contribution in [1.82, 2.24) is 15.1 Å². The van der Waals surface area contributed by atoms with E-state index in [-0.39, 0.29) is 24.2 Å². The van der Waals surface area contributed by atoms with Crippen molar-refractivity contribution in [3.05, 3.63) is 0 Å². The maximum atomic E-state index is 12.5. The Kier molecular flexibility index (Phi) is 7.15. The van der Waals surface area contributed by atoms with Gasteiger partial charge in [0, 0.05) is 44.6 Å². The van der Waals surface area contributed by atoms with E-state index in [0.717, 1.165) is 38.9 Å². The van der Waals surface area contributed by atoms with Gasteiger partial charge in [0.15, 0.2) is 0 Å². The Balaban J connectivity index is 0.00000192. The van der Waals surface area contributed by atoms with E-state index in [1.165, 1.54) is 25.7 Å². The molecule has 0 aromatic carbocycles. The van der Waals surface area contributed by atoms with Crippen molar-refractivity contribution in [2.45, 2.75) is 57.4 Å². The Bertz CT molecular complexity index is 399. The van der Waals surface area contributed by atoms with Crippen LogP contribution in [0.2, 0.25) is 0 Å². The van der Waals surface area contributed by atoms with Crippen LogP contribution in [0.15, 0.2) is 0 Å². The monoisotopic (exact) mass is 343 g/mol. The fourth-order valence-corrected chi connectivity index (χ4v) is 4.05. The van der Waals surface area contributed by atoms with E-state index < -0.39 is 0 Å². The van der Waals surface area contributed by atoms with Crippen LogP contribution in [0, 0.1) is 5.92 Å². The Hall–Kier alpha value is -0.810. The number of rotatable bonds is 3. The first-order valence-corrected chi connectivity index (χ1v) is 9.04. The molecule has 0 aromatic rings. The van der Waals surface area contributed by atoms with Gasteiger partial charge in [-0.2, -0.15) is 0 Å². The van der Waals surface area contributed by atoms with Gasteiger partial charge in [-0.15, -0.1) is 12.4 Å². The van der Waals surface area contributed by atoms with Crippen molar-refractivity contribution in [2.75, 3.05) is 32.7 Å². The van der Waals surface area contributed by atoms with Crippen molar-refractivity contribution < 1.29 is 9.59 Å². The van der Waals surface area contributed by atoms with Gasteiger partial charge < -0.3 is 15.1 Å². The zero-order chi connectivity index (χ0) is 15.4. The molecule has 0 bridgehead atoms. The van der Waals surface area contributed by atoms with Gasteiger partial charge in [-0.1, -0.05) is 19.3 Å². The highest BCUT2D eigenvalue weighted by atomic mass is 35.5.